The van der Waals surface area contributed by atoms with Crippen molar-refractivity contribution in [2.75, 3.05) is 6.61 Å². The van der Waals surface area contributed by atoms with Crippen LogP contribution >= 0.6 is 0 Å². The summed E-state index contributed by atoms with van der Waals surface area (Å²) in [4.78, 5) is 4.73. The van der Waals surface area contributed by atoms with Gasteiger partial charge in [-0.15, -0.1) is 6.42 Å². The molecule has 68 valence electrons. The quantitative estimate of drug-likeness (QED) is 0.303. The number of hydrogen-bond acceptors (Lipinski definition) is 4. The van der Waals surface area contributed by atoms with Crippen LogP contribution in [-0.4, -0.2) is 18.0 Å². The van der Waals surface area contributed by atoms with Crippen LogP contribution in [0.4, 0.5) is 0 Å². The second kappa shape index (κ2) is 4.31. The molecule has 0 aliphatic heterocycles. The molecule has 0 fully saturated rings. The SMILES string of the molecule is C#CCO/N=C/c1c(C)noc1C. The summed E-state index contributed by atoms with van der Waals surface area (Å²) < 4.78 is 4.92. The van der Waals surface area contributed by atoms with Gasteiger partial charge < -0.3 is 9.36 Å². The molecule has 0 saturated heterocycles. The zero-order chi connectivity index (χ0) is 9.68. The van der Waals surface area contributed by atoms with Gasteiger partial charge in [0.15, 0.2) is 6.61 Å². The van der Waals surface area contributed by atoms with Crippen LogP contribution in [0.3, 0.4) is 0 Å². The van der Waals surface area contributed by atoms with Gasteiger partial charge in [-0.25, -0.2) is 0 Å². The van der Waals surface area contributed by atoms with Crippen molar-refractivity contribution in [2.45, 2.75) is 13.8 Å². The number of nitrogens with zero attached hydrogens (tertiary/aromatic N) is 2. The van der Waals surface area contributed by atoms with Gasteiger partial charge in [0.2, 0.25) is 0 Å². The molecule has 0 aliphatic carbocycles. The van der Waals surface area contributed by atoms with Crippen molar-refractivity contribution < 1.29 is 9.36 Å². The highest BCUT2D eigenvalue weighted by molar-refractivity contribution is 5.81. The van der Waals surface area contributed by atoms with Crippen LogP contribution in [0.1, 0.15) is 17.0 Å². The molecule has 0 aromatic carbocycles. The lowest BCUT2D eigenvalue weighted by Gasteiger charge is -1.90. The molecule has 1 aromatic heterocycles. The highest BCUT2D eigenvalue weighted by Crippen LogP contribution is 2.08. The van der Waals surface area contributed by atoms with E-state index < -0.39 is 0 Å². The van der Waals surface area contributed by atoms with E-state index in [1.165, 1.54) is 0 Å². The number of terminal acetylenes is 1. The van der Waals surface area contributed by atoms with E-state index in [1.54, 1.807) is 6.21 Å². The van der Waals surface area contributed by atoms with E-state index in [2.05, 4.69) is 16.2 Å². The maximum atomic E-state index is 4.97. The largest absolute Gasteiger partial charge is 0.383 e. The maximum absolute atomic E-state index is 4.97. The van der Waals surface area contributed by atoms with E-state index in [-0.39, 0.29) is 6.61 Å². The van der Waals surface area contributed by atoms with Gasteiger partial charge in [0.25, 0.3) is 0 Å². The second-order valence-corrected chi connectivity index (χ2v) is 2.45. The number of aryl methyl sites for hydroxylation is 2. The molecule has 13 heavy (non-hydrogen) atoms. The molecular formula is C9H10N2O2. The van der Waals surface area contributed by atoms with Gasteiger partial charge in [0, 0.05) is 0 Å². The molecule has 0 unspecified atom stereocenters. The monoisotopic (exact) mass is 178 g/mol. The van der Waals surface area contributed by atoms with Crippen LogP contribution in [0.25, 0.3) is 0 Å². The molecular weight excluding hydrogens is 168 g/mol. The average Bonchev–Trinajstić information content (AvgIpc) is 2.42. The van der Waals surface area contributed by atoms with E-state index in [4.69, 9.17) is 15.8 Å². The van der Waals surface area contributed by atoms with Crippen molar-refractivity contribution in [2.24, 2.45) is 5.16 Å². The molecule has 0 bridgehead atoms. The molecule has 0 aliphatic rings. The zero-order valence-corrected chi connectivity index (χ0v) is 7.57. The summed E-state index contributed by atoms with van der Waals surface area (Å²) in [5.74, 6) is 3.02. The Labute approximate surface area is 76.5 Å². The summed E-state index contributed by atoms with van der Waals surface area (Å²) in [7, 11) is 0. The Hall–Kier alpha value is -1.76. The number of rotatable bonds is 3. The van der Waals surface area contributed by atoms with Crippen molar-refractivity contribution in [3.63, 3.8) is 0 Å². The molecule has 0 atom stereocenters. The molecule has 0 spiro atoms. The first-order chi connectivity index (χ1) is 6.25. The normalized spacial score (nSPS) is 10.2. The molecule has 0 N–H and O–H groups in total. The number of oxime groups is 1. The summed E-state index contributed by atoms with van der Waals surface area (Å²) in [5.41, 5.74) is 1.61. The fourth-order valence-electron chi connectivity index (χ4n) is 0.839. The highest BCUT2D eigenvalue weighted by Gasteiger charge is 2.05. The van der Waals surface area contributed by atoms with E-state index in [9.17, 15) is 0 Å². The summed E-state index contributed by atoms with van der Waals surface area (Å²) >= 11 is 0. The van der Waals surface area contributed by atoms with E-state index in [0.717, 1.165) is 11.3 Å². The summed E-state index contributed by atoms with van der Waals surface area (Å²) in [5, 5.41) is 7.41. The van der Waals surface area contributed by atoms with Crippen LogP contribution in [-0.2, 0) is 4.84 Å². The molecule has 0 amide bonds. The topological polar surface area (TPSA) is 47.6 Å². The third kappa shape index (κ3) is 2.34. The Bertz CT molecular complexity index is 327. The number of hydrogen-bond donors (Lipinski definition) is 0. The first kappa shape index (κ1) is 9.33. The molecule has 1 heterocycles. The third-order valence-corrected chi connectivity index (χ3v) is 1.49. The fraction of sp³-hybridized carbons (Fsp3) is 0.333. The van der Waals surface area contributed by atoms with Gasteiger partial charge >= 0.3 is 0 Å². The van der Waals surface area contributed by atoms with Crippen molar-refractivity contribution in [3.8, 4) is 12.3 Å². The summed E-state index contributed by atoms with van der Waals surface area (Å²) in [6.07, 6.45) is 6.51. The Morgan fingerprint density at radius 3 is 3.00 bits per heavy atom. The minimum Gasteiger partial charge on any atom is -0.383 e. The molecule has 0 saturated carbocycles. The van der Waals surface area contributed by atoms with Crippen molar-refractivity contribution in [3.05, 3.63) is 17.0 Å². The molecule has 1 aromatic rings. The summed E-state index contributed by atoms with van der Waals surface area (Å²) in [6.45, 7) is 3.81. The molecule has 4 heteroatoms. The van der Waals surface area contributed by atoms with Crippen molar-refractivity contribution in [1.82, 2.24) is 5.16 Å². The maximum Gasteiger partial charge on any atom is 0.177 e. The van der Waals surface area contributed by atoms with Crippen LogP contribution in [0.15, 0.2) is 9.68 Å². The minimum atomic E-state index is 0.167. The van der Waals surface area contributed by atoms with E-state index in [0.29, 0.717) is 5.76 Å². The lowest BCUT2D eigenvalue weighted by Crippen LogP contribution is -1.88. The van der Waals surface area contributed by atoms with E-state index in [1.807, 2.05) is 13.8 Å². The second-order valence-electron chi connectivity index (χ2n) is 2.45. The summed E-state index contributed by atoms with van der Waals surface area (Å²) in [6, 6.07) is 0. The fourth-order valence-corrected chi connectivity index (χ4v) is 0.839. The predicted octanol–water partition coefficient (Wildman–Crippen LogP) is 1.28. The smallest absolute Gasteiger partial charge is 0.177 e. The first-order valence-corrected chi connectivity index (χ1v) is 3.77. The van der Waals surface area contributed by atoms with Gasteiger partial charge in [0.1, 0.15) is 5.76 Å². The molecule has 0 radical (unpaired) electrons. The Morgan fingerprint density at radius 1 is 1.69 bits per heavy atom. The number of aromatic nitrogens is 1. The Balaban J connectivity index is 2.63. The molecule has 1 rings (SSSR count). The lowest BCUT2D eigenvalue weighted by atomic mass is 10.2. The lowest BCUT2D eigenvalue weighted by molar-refractivity contribution is 0.181. The van der Waals surface area contributed by atoms with Gasteiger partial charge in [-0.1, -0.05) is 16.2 Å². The minimum absolute atomic E-state index is 0.167. The zero-order valence-electron chi connectivity index (χ0n) is 7.57. The molecule has 4 nitrogen and oxygen atoms in total. The van der Waals surface area contributed by atoms with Crippen LogP contribution in [0.2, 0.25) is 0 Å². The van der Waals surface area contributed by atoms with Gasteiger partial charge in [-0.05, 0) is 13.8 Å². The average molecular weight is 178 g/mol. The van der Waals surface area contributed by atoms with Gasteiger partial charge in [-0.2, -0.15) is 0 Å². The standard InChI is InChI=1S/C9H10N2O2/c1-4-5-12-10-6-9-7(2)11-13-8(9)3/h1,6H,5H2,2-3H3/b10-6+. The van der Waals surface area contributed by atoms with Gasteiger partial charge in [-0.3, -0.25) is 0 Å². The van der Waals surface area contributed by atoms with Crippen LogP contribution in [0.5, 0.6) is 0 Å². The highest BCUT2D eigenvalue weighted by atomic mass is 16.6. The van der Waals surface area contributed by atoms with Crippen LogP contribution < -0.4 is 0 Å². The van der Waals surface area contributed by atoms with Gasteiger partial charge in [0.05, 0.1) is 17.5 Å². The Kier molecular flexibility index (Phi) is 3.09. The van der Waals surface area contributed by atoms with Crippen LogP contribution in [0, 0.1) is 26.2 Å². The first-order valence-electron chi connectivity index (χ1n) is 3.77. The van der Waals surface area contributed by atoms with Crippen molar-refractivity contribution >= 4 is 6.21 Å². The Morgan fingerprint density at radius 2 is 2.46 bits per heavy atom. The predicted molar refractivity (Wildman–Crippen MR) is 48.4 cm³/mol. The third-order valence-electron chi connectivity index (χ3n) is 1.49. The van der Waals surface area contributed by atoms with Crippen molar-refractivity contribution in [1.29, 1.82) is 0 Å². The van der Waals surface area contributed by atoms with E-state index >= 15 is 0 Å².